The number of methoxy groups -OCH3 is 2. The van der Waals surface area contributed by atoms with E-state index in [1.165, 1.54) is 14.2 Å². The zero-order chi connectivity index (χ0) is 14.7. The molecule has 0 N–H and O–H groups in total. The van der Waals surface area contributed by atoms with Crippen molar-refractivity contribution in [3.8, 4) is 11.5 Å². The second kappa shape index (κ2) is 5.97. The average molecular weight is 291 g/mol. The molecule has 2 aromatic carbocycles. The summed E-state index contributed by atoms with van der Waals surface area (Å²) >= 11 is 6.08. The molecule has 0 aromatic heterocycles. The van der Waals surface area contributed by atoms with Crippen LogP contribution in [-0.4, -0.2) is 20.0 Å². The van der Waals surface area contributed by atoms with Crippen LogP contribution < -0.4 is 9.47 Å². The van der Waals surface area contributed by atoms with Crippen molar-refractivity contribution in [1.82, 2.24) is 0 Å². The lowest BCUT2D eigenvalue weighted by molar-refractivity contribution is 0.103. The molecule has 4 heteroatoms. The van der Waals surface area contributed by atoms with Crippen LogP contribution in [-0.2, 0) is 0 Å². The molecule has 0 heterocycles. The summed E-state index contributed by atoms with van der Waals surface area (Å²) in [5.41, 5.74) is 1.83. The molecule has 0 bridgehead atoms. The number of benzene rings is 2. The molecule has 0 unspecified atom stereocenters. The highest BCUT2D eigenvalue weighted by Gasteiger charge is 2.20. The van der Waals surface area contributed by atoms with Gasteiger partial charge in [-0.25, -0.2) is 0 Å². The predicted molar refractivity (Wildman–Crippen MR) is 79.2 cm³/mol. The van der Waals surface area contributed by atoms with E-state index in [-0.39, 0.29) is 5.78 Å². The zero-order valence-electron chi connectivity index (χ0n) is 11.6. The molecule has 0 amide bonds. The van der Waals surface area contributed by atoms with Gasteiger partial charge < -0.3 is 9.47 Å². The molecule has 3 nitrogen and oxygen atoms in total. The van der Waals surface area contributed by atoms with Crippen LogP contribution in [0.5, 0.6) is 11.5 Å². The number of halogens is 1. The highest BCUT2D eigenvalue weighted by atomic mass is 35.5. The van der Waals surface area contributed by atoms with Gasteiger partial charge >= 0.3 is 0 Å². The van der Waals surface area contributed by atoms with E-state index in [4.69, 9.17) is 21.1 Å². The summed E-state index contributed by atoms with van der Waals surface area (Å²) in [6, 6.07) is 10.5. The van der Waals surface area contributed by atoms with Gasteiger partial charge in [-0.2, -0.15) is 0 Å². The maximum Gasteiger partial charge on any atom is 0.200 e. The third-order valence-electron chi connectivity index (χ3n) is 3.09. The molecule has 0 aliphatic carbocycles. The van der Waals surface area contributed by atoms with Crippen molar-refractivity contribution in [2.75, 3.05) is 14.2 Å². The third-order valence-corrected chi connectivity index (χ3v) is 3.50. The molecule has 20 heavy (non-hydrogen) atoms. The van der Waals surface area contributed by atoms with Gasteiger partial charge in [-0.15, -0.1) is 0 Å². The Hall–Kier alpha value is -2.00. The molecular formula is C16H15ClO3. The average Bonchev–Trinajstić information content (AvgIpc) is 2.48. The van der Waals surface area contributed by atoms with Crippen molar-refractivity contribution in [2.45, 2.75) is 6.92 Å². The molecular weight excluding hydrogens is 276 g/mol. The normalized spacial score (nSPS) is 10.2. The van der Waals surface area contributed by atoms with E-state index in [2.05, 4.69) is 0 Å². The fraction of sp³-hybridized carbons (Fsp3) is 0.188. The Morgan fingerprint density at radius 3 is 2.15 bits per heavy atom. The van der Waals surface area contributed by atoms with E-state index in [1.807, 2.05) is 13.0 Å². The number of ketones is 1. The SMILES string of the molecule is COc1cccc(OC)c1C(=O)c1ccc(C)c(Cl)c1. The Labute approximate surface area is 123 Å². The van der Waals surface area contributed by atoms with Crippen LogP contribution >= 0.6 is 11.6 Å². The Morgan fingerprint density at radius 2 is 1.65 bits per heavy atom. The van der Waals surface area contributed by atoms with Gasteiger partial charge in [0.05, 0.1) is 14.2 Å². The lowest BCUT2D eigenvalue weighted by atomic mass is 10.0. The van der Waals surface area contributed by atoms with E-state index in [0.29, 0.717) is 27.6 Å². The van der Waals surface area contributed by atoms with Crippen LogP contribution in [0.15, 0.2) is 36.4 Å². The standard InChI is InChI=1S/C16H15ClO3/c1-10-7-8-11(9-12(10)17)16(18)15-13(19-2)5-4-6-14(15)20-3/h4-9H,1-3H3. The zero-order valence-corrected chi connectivity index (χ0v) is 12.3. The van der Waals surface area contributed by atoms with Gasteiger partial charge in [-0.1, -0.05) is 29.8 Å². The van der Waals surface area contributed by atoms with Gasteiger partial charge in [0.25, 0.3) is 0 Å². The van der Waals surface area contributed by atoms with Crippen LogP contribution in [0.4, 0.5) is 0 Å². The number of hydrogen-bond acceptors (Lipinski definition) is 3. The molecule has 0 fully saturated rings. The third kappa shape index (κ3) is 2.63. The number of hydrogen-bond donors (Lipinski definition) is 0. The van der Waals surface area contributed by atoms with Crippen molar-refractivity contribution >= 4 is 17.4 Å². The van der Waals surface area contributed by atoms with Crippen molar-refractivity contribution in [1.29, 1.82) is 0 Å². The van der Waals surface area contributed by atoms with E-state index in [9.17, 15) is 4.79 Å². The molecule has 0 radical (unpaired) electrons. The van der Waals surface area contributed by atoms with Gasteiger partial charge in [-0.05, 0) is 30.7 Å². The van der Waals surface area contributed by atoms with E-state index in [1.54, 1.807) is 30.3 Å². The molecule has 2 rings (SSSR count). The molecule has 0 spiro atoms. The first-order valence-electron chi connectivity index (χ1n) is 6.10. The number of aryl methyl sites for hydroxylation is 1. The van der Waals surface area contributed by atoms with Crippen LogP contribution in [0.2, 0.25) is 5.02 Å². The summed E-state index contributed by atoms with van der Waals surface area (Å²) < 4.78 is 10.5. The van der Waals surface area contributed by atoms with Gasteiger partial charge in [0, 0.05) is 10.6 Å². The minimum absolute atomic E-state index is 0.179. The number of carbonyl (C=O) groups is 1. The number of carbonyl (C=O) groups excluding carboxylic acids is 1. The van der Waals surface area contributed by atoms with Crippen molar-refractivity contribution < 1.29 is 14.3 Å². The molecule has 0 atom stereocenters. The summed E-state index contributed by atoms with van der Waals surface area (Å²) in [5, 5.41) is 0.560. The van der Waals surface area contributed by atoms with Gasteiger partial charge in [0.15, 0.2) is 0 Å². The molecule has 104 valence electrons. The minimum atomic E-state index is -0.179. The maximum absolute atomic E-state index is 12.7. The van der Waals surface area contributed by atoms with Crippen LogP contribution in [0, 0.1) is 6.92 Å². The van der Waals surface area contributed by atoms with E-state index < -0.39 is 0 Å². The fourth-order valence-electron chi connectivity index (χ4n) is 1.95. The molecule has 0 aliphatic rings. The topological polar surface area (TPSA) is 35.5 Å². The summed E-state index contributed by atoms with van der Waals surface area (Å²) in [5.74, 6) is 0.776. The lowest BCUT2D eigenvalue weighted by Crippen LogP contribution is -2.06. The molecule has 0 aliphatic heterocycles. The number of rotatable bonds is 4. The van der Waals surface area contributed by atoms with Crippen LogP contribution in [0.25, 0.3) is 0 Å². The summed E-state index contributed by atoms with van der Waals surface area (Å²) in [7, 11) is 3.04. The van der Waals surface area contributed by atoms with Gasteiger partial charge in [-0.3, -0.25) is 4.79 Å². The molecule has 0 saturated carbocycles. The summed E-state index contributed by atoms with van der Waals surface area (Å²) in [6.07, 6.45) is 0. The van der Waals surface area contributed by atoms with Crippen molar-refractivity contribution in [3.05, 3.63) is 58.1 Å². The highest BCUT2D eigenvalue weighted by Crippen LogP contribution is 2.31. The van der Waals surface area contributed by atoms with Crippen molar-refractivity contribution in [2.24, 2.45) is 0 Å². The predicted octanol–water partition coefficient (Wildman–Crippen LogP) is 3.90. The van der Waals surface area contributed by atoms with E-state index >= 15 is 0 Å². The van der Waals surface area contributed by atoms with Crippen LogP contribution in [0.3, 0.4) is 0 Å². The van der Waals surface area contributed by atoms with Gasteiger partial charge in [0.1, 0.15) is 17.1 Å². The first kappa shape index (κ1) is 14.4. The largest absolute Gasteiger partial charge is 0.496 e. The van der Waals surface area contributed by atoms with Crippen LogP contribution in [0.1, 0.15) is 21.5 Å². The minimum Gasteiger partial charge on any atom is -0.496 e. The Kier molecular flexibility index (Phi) is 4.30. The maximum atomic E-state index is 12.7. The quantitative estimate of drug-likeness (QED) is 0.801. The second-order valence-electron chi connectivity index (χ2n) is 4.33. The first-order chi connectivity index (χ1) is 9.58. The monoisotopic (exact) mass is 290 g/mol. The molecule has 2 aromatic rings. The lowest BCUT2D eigenvalue weighted by Gasteiger charge is -2.12. The van der Waals surface area contributed by atoms with Gasteiger partial charge in [0.2, 0.25) is 5.78 Å². The first-order valence-corrected chi connectivity index (χ1v) is 6.48. The Bertz CT molecular complexity index is 628. The summed E-state index contributed by atoms with van der Waals surface area (Å²) in [4.78, 5) is 12.7. The number of ether oxygens (including phenoxy) is 2. The van der Waals surface area contributed by atoms with Crippen molar-refractivity contribution in [3.63, 3.8) is 0 Å². The fourth-order valence-corrected chi connectivity index (χ4v) is 2.13. The van der Waals surface area contributed by atoms with E-state index in [0.717, 1.165) is 5.56 Å². The second-order valence-corrected chi connectivity index (χ2v) is 4.74. The summed E-state index contributed by atoms with van der Waals surface area (Å²) in [6.45, 7) is 1.89. The molecule has 0 saturated heterocycles. The Balaban J connectivity index is 2.55. The Morgan fingerprint density at radius 1 is 1.05 bits per heavy atom. The highest BCUT2D eigenvalue weighted by molar-refractivity contribution is 6.32. The smallest absolute Gasteiger partial charge is 0.200 e.